The van der Waals surface area contributed by atoms with Crippen molar-refractivity contribution in [1.82, 2.24) is 5.32 Å². The molecule has 0 unspecified atom stereocenters. The summed E-state index contributed by atoms with van der Waals surface area (Å²) in [6, 6.07) is 3.18. The quantitative estimate of drug-likeness (QED) is 0.781. The van der Waals surface area contributed by atoms with Gasteiger partial charge in [0.05, 0.1) is 5.69 Å². The van der Waals surface area contributed by atoms with E-state index < -0.39 is 11.6 Å². The second-order valence-electron chi connectivity index (χ2n) is 3.01. The standard InChI is InChI=1S/C10H12F2N2S/c1-2-5-13-10(15)14-9-6-7(11)3-4-8(9)12/h3-4,6H,2,5H2,1H3,(H2,13,14,15). The van der Waals surface area contributed by atoms with Gasteiger partial charge in [-0.1, -0.05) is 6.92 Å². The largest absolute Gasteiger partial charge is 0.362 e. The lowest BCUT2D eigenvalue weighted by atomic mass is 10.3. The van der Waals surface area contributed by atoms with Crippen LogP contribution in [0.1, 0.15) is 13.3 Å². The molecule has 0 aromatic heterocycles. The monoisotopic (exact) mass is 230 g/mol. The molecule has 2 N–H and O–H groups in total. The van der Waals surface area contributed by atoms with Crippen molar-refractivity contribution in [3.8, 4) is 0 Å². The van der Waals surface area contributed by atoms with Gasteiger partial charge in [-0.2, -0.15) is 0 Å². The Labute approximate surface area is 92.7 Å². The molecule has 0 aliphatic heterocycles. The Hall–Kier alpha value is -1.23. The van der Waals surface area contributed by atoms with E-state index in [1.165, 1.54) is 0 Å². The minimum Gasteiger partial charge on any atom is -0.362 e. The molecule has 15 heavy (non-hydrogen) atoms. The van der Waals surface area contributed by atoms with E-state index in [0.717, 1.165) is 24.6 Å². The van der Waals surface area contributed by atoms with Crippen LogP contribution in [0.15, 0.2) is 18.2 Å². The Bertz CT molecular complexity index is 355. The zero-order chi connectivity index (χ0) is 11.3. The van der Waals surface area contributed by atoms with Crippen molar-refractivity contribution in [2.24, 2.45) is 0 Å². The summed E-state index contributed by atoms with van der Waals surface area (Å²) in [4.78, 5) is 0. The van der Waals surface area contributed by atoms with Crippen LogP contribution in [0.3, 0.4) is 0 Å². The first-order valence-electron chi connectivity index (χ1n) is 4.63. The van der Waals surface area contributed by atoms with Crippen LogP contribution in [0, 0.1) is 11.6 Å². The third-order valence-corrected chi connectivity index (χ3v) is 1.96. The maximum Gasteiger partial charge on any atom is 0.170 e. The number of benzene rings is 1. The second-order valence-corrected chi connectivity index (χ2v) is 3.41. The Morgan fingerprint density at radius 2 is 2.13 bits per heavy atom. The molecule has 1 rings (SSSR count). The van der Waals surface area contributed by atoms with Gasteiger partial charge in [-0.15, -0.1) is 0 Å². The van der Waals surface area contributed by atoms with Gasteiger partial charge in [0.2, 0.25) is 0 Å². The summed E-state index contributed by atoms with van der Waals surface area (Å²) in [6.07, 6.45) is 0.910. The molecule has 0 saturated carbocycles. The first kappa shape index (κ1) is 11.8. The van der Waals surface area contributed by atoms with Gasteiger partial charge in [0, 0.05) is 12.6 Å². The van der Waals surface area contributed by atoms with Crippen LogP contribution in [0.25, 0.3) is 0 Å². The molecule has 82 valence electrons. The maximum absolute atomic E-state index is 13.1. The van der Waals surface area contributed by atoms with E-state index in [0.29, 0.717) is 11.7 Å². The zero-order valence-corrected chi connectivity index (χ0v) is 9.13. The van der Waals surface area contributed by atoms with Crippen LogP contribution in [0.2, 0.25) is 0 Å². The van der Waals surface area contributed by atoms with Crippen LogP contribution in [-0.4, -0.2) is 11.7 Å². The zero-order valence-electron chi connectivity index (χ0n) is 8.31. The lowest BCUT2D eigenvalue weighted by Crippen LogP contribution is -2.29. The summed E-state index contributed by atoms with van der Waals surface area (Å²) < 4.78 is 25.9. The molecule has 0 amide bonds. The molecule has 0 spiro atoms. The van der Waals surface area contributed by atoms with Gasteiger partial charge < -0.3 is 10.6 Å². The molecular weight excluding hydrogens is 218 g/mol. The Kier molecular flexibility index (Phi) is 4.42. The smallest absolute Gasteiger partial charge is 0.170 e. The van der Waals surface area contributed by atoms with E-state index in [-0.39, 0.29) is 5.69 Å². The van der Waals surface area contributed by atoms with E-state index in [4.69, 9.17) is 12.2 Å². The summed E-state index contributed by atoms with van der Waals surface area (Å²) in [5, 5.41) is 5.74. The molecule has 0 aliphatic carbocycles. The molecule has 1 aromatic rings. The van der Waals surface area contributed by atoms with E-state index in [1.54, 1.807) is 0 Å². The summed E-state index contributed by atoms with van der Waals surface area (Å²) >= 11 is 4.89. The third-order valence-electron chi connectivity index (χ3n) is 1.71. The fourth-order valence-corrected chi connectivity index (χ4v) is 1.21. The van der Waals surface area contributed by atoms with Gasteiger partial charge in [0.25, 0.3) is 0 Å². The van der Waals surface area contributed by atoms with Gasteiger partial charge in [-0.3, -0.25) is 0 Å². The van der Waals surface area contributed by atoms with Crippen molar-refractivity contribution >= 4 is 23.0 Å². The normalized spacial score (nSPS) is 9.80. The van der Waals surface area contributed by atoms with Crippen molar-refractivity contribution < 1.29 is 8.78 Å². The predicted molar refractivity (Wildman–Crippen MR) is 60.9 cm³/mol. The van der Waals surface area contributed by atoms with Crippen LogP contribution in [-0.2, 0) is 0 Å². The first-order valence-corrected chi connectivity index (χ1v) is 5.04. The van der Waals surface area contributed by atoms with Gasteiger partial charge in [0.15, 0.2) is 5.11 Å². The lowest BCUT2D eigenvalue weighted by molar-refractivity contribution is 0.604. The van der Waals surface area contributed by atoms with Crippen molar-refractivity contribution in [1.29, 1.82) is 0 Å². The molecule has 0 atom stereocenters. The maximum atomic E-state index is 13.1. The lowest BCUT2D eigenvalue weighted by Gasteiger charge is -2.10. The molecule has 0 fully saturated rings. The van der Waals surface area contributed by atoms with Crippen LogP contribution < -0.4 is 10.6 Å². The fourth-order valence-electron chi connectivity index (χ4n) is 0.998. The van der Waals surface area contributed by atoms with Gasteiger partial charge in [-0.25, -0.2) is 8.78 Å². The highest BCUT2D eigenvalue weighted by molar-refractivity contribution is 7.80. The Morgan fingerprint density at radius 3 is 2.80 bits per heavy atom. The molecule has 5 heteroatoms. The second kappa shape index (κ2) is 5.60. The van der Waals surface area contributed by atoms with E-state index in [2.05, 4.69) is 10.6 Å². The minimum absolute atomic E-state index is 0.0450. The van der Waals surface area contributed by atoms with Crippen LogP contribution in [0.4, 0.5) is 14.5 Å². The summed E-state index contributed by atoms with van der Waals surface area (Å²) in [7, 11) is 0. The van der Waals surface area contributed by atoms with Crippen molar-refractivity contribution in [3.63, 3.8) is 0 Å². The van der Waals surface area contributed by atoms with E-state index in [9.17, 15) is 8.78 Å². The molecule has 0 heterocycles. The molecular formula is C10H12F2N2S. The summed E-state index contributed by atoms with van der Waals surface area (Å²) in [6.45, 7) is 2.68. The molecule has 0 saturated heterocycles. The third kappa shape index (κ3) is 3.79. The van der Waals surface area contributed by atoms with E-state index in [1.807, 2.05) is 6.92 Å². The molecule has 0 aliphatic rings. The molecule has 1 aromatic carbocycles. The van der Waals surface area contributed by atoms with Gasteiger partial charge >= 0.3 is 0 Å². The molecule has 2 nitrogen and oxygen atoms in total. The highest BCUT2D eigenvalue weighted by Crippen LogP contribution is 2.14. The molecule has 0 bridgehead atoms. The Morgan fingerprint density at radius 1 is 1.40 bits per heavy atom. The number of thiocarbonyl (C=S) groups is 1. The number of nitrogens with one attached hydrogen (secondary N) is 2. The number of hydrogen-bond acceptors (Lipinski definition) is 1. The topological polar surface area (TPSA) is 24.1 Å². The van der Waals surface area contributed by atoms with Gasteiger partial charge in [-0.05, 0) is 30.8 Å². The summed E-state index contributed by atoms with van der Waals surface area (Å²) in [5.74, 6) is -1.03. The number of halogens is 2. The van der Waals surface area contributed by atoms with Crippen LogP contribution >= 0.6 is 12.2 Å². The predicted octanol–water partition coefficient (Wildman–Crippen LogP) is 2.66. The SMILES string of the molecule is CCCNC(=S)Nc1cc(F)ccc1F. The average Bonchev–Trinajstić information content (AvgIpc) is 2.20. The van der Waals surface area contributed by atoms with Crippen molar-refractivity contribution in [2.75, 3.05) is 11.9 Å². The number of rotatable bonds is 3. The van der Waals surface area contributed by atoms with Crippen molar-refractivity contribution in [3.05, 3.63) is 29.8 Å². The van der Waals surface area contributed by atoms with Gasteiger partial charge in [0.1, 0.15) is 11.6 Å². The van der Waals surface area contributed by atoms with Crippen LogP contribution in [0.5, 0.6) is 0 Å². The van der Waals surface area contributed by atoms with E-state index >= 15 is 0 Å². The van der Waals surface area contributed by atoms with Crippen molar-refractivity contribution in [2.45, 2.75) is 13.3 Å². The molecule has 0 radical (unpaired) electrons. The number of anilines is 1. The minimum atomic E-state index is -0.531. The first-order chi connectivity index (χ1) is 7.13. The summed E-state index contributed by atoms with van der Waals surface area (Å²) in [5.41, 5.74) is 0.0450. The highest BCUT2D eigenvalue weighted by Gasteiger charge is 2.04. The number of hydrogen-bond donors (Lipinski definition) is 2. The Balaban J connectivity index is 2.63. The highest BCUT2D eigenvalue weighted by atomic mass is 32.1. The average molecular weight is 230 g/mol. The fraction of sp³-hybridized carbons (Fsp3) is 0.300.